The number of carbonyl (C=O) groups is 2. The molecule has 0 radical (unpaired) electrons. The molecule has 2 amide bonds. The first kappa shape index (κ1) is 27.7. The number of hydrogen-bond acceptors (Lipinski definition) is 4. The number of hydrogen-bond donors (Lipinski definition) is 1. The van der Waals surface area contributed by atoms with Crippen molar-refractivity contribution in [2.24, 2.45) is 0 Å². The van der Waals surface area contributed by atoms with Crippen LogP contribution in [0.3, 0.4) is 0 Å². The lowest BCUT2D eigenvalue weighted by Crippen LogP contribution is -2.44. The van der Waals surface area contributed by atoms with Gasteiger partial charge in [-0.3, -0.25) is 9.59 Å². The minimum atomic E-state index is -0.346. The first-order chi connectivity index (χ1) is 17.0. The van der Waals surface area contributed by atoms with Gasteiger partial charge in [-0.2, -0.15) is 5.10 Å². The van der Waals surface area contributed by atoms with Crippen LogP contribution in [0.25, 0.3) is 5.69 Å². The maximum atomic E-state index is 13.1. The van der Waals surface area contributed by atoms with E-state index in [2.05, 4.69) is 5.32 Å². The highest BCUT2D eigenvalue weighted by Crippen LogP contribution is 2.29. The quantitative estimate of drug-likeness (QED) is 0.375. The zero-order valence-electron chi connectivity index (χ0n) is 21.2. The van der Waals surface area contributed by atoms with Gasteiger partial charge < -0.3 is 15.0 Å². The number of benzene rings is 2. The molecule has 0 aliphatic rings. The Morgan fingerprint density at radius 3 is 2.36 bits per heavy atom. The highest BCUT2D eigenvalue weighted by molar-refractivity contribution is 6.42. The number of rotatable bonds is 9. The van der Waals surface area contributed by atoms with Gasteiger partial charge >= 0.3 is 0 Å². The molecule has 0 atom stereocenters. The third-order valence-electron chi connectivity index (χ3n) is 5.49. The maximum absolute atomic E-state index is 13.1. The monoisotopic (exact) mass is 530 g/mol. The molecular formula is C27H32Cl2N4O3. The fraction of sp³-hybridized carbons (Fsp3) is 0.370. The lowest BCUT2D eigenvalue weighted by atomic mass is 9.92. The van der Waals surface area contributed by atoms with Gasteiger partial charge in [0.15, 0.2) is 0 Å². The fourth-order valence-electron chi connectivity index (χ4n) is 3.46. The van der Waals surface area contributed by atoms with Crippen LogP contribution in [-0.4, -0.2) is 45.7 Å². The number of ether oxygens (including phenoxy) is 1. The molecule has 0 bridgehead atoms. The summed E-state index contributed by atoms with van der Waals surface area (Å²) in [5, 5.41) is 8.41. The first-order valence-electron chi connectivity index (χ1n) is 11.7. The molecule has 9 heteroatoms. The molecule has 0 saturated heterocycles. The summed E-state index contributed by atoms with van der Waals surface area (Å²) in [5.74, 6) is -0.133. The molecular weight excluding hydrogens is 499 g/mol. The van der Waals surface area contributed by atoms with Crippen LogP contribution in [-0.2, 0) is 26.3 Å². The number of anilines is 1. The Bertz CT molecular complexity index is 1200. The van der Waals surface area contributed by atoms with Gasteiger partial charge in [0.05, 0.1) is 28.0 Å². The zero-order chi connectivity index (χ0) is 26.5. The predicted octanol–water partition coefficient (Wildman–Crippen LogP) is 5.87. The van der Waals surface area contributed by atoms with Crippen LogP contribution in [0.1, 0.15) is 45.9 Å². The van der Waals surface area contributed by atoms with Crippen LogP contribution in [0.4, 0.5) is 5.82 Å². The van der Waals surface area contributed by atoms with Crippen molar-refractivity contribution in [2.45, 2.75) is 52.7 Å². The second kappa shape index (κ2) is 11.9. The lowest BCUT2D eigenvalue weighted by Gasteiger charge is -2.26. The van der Waals surface area contributed by atoms with Gasteiger partial charge in [-0.15, -0.1) is 0 Å². The summed E-state index contributed by atoms with van der Waals surface area (Å²) in [6.07, 6.45) is 0. The highest BCUT2D eigenvalue weighted by Gasteiger charge is 2.24. The molecule has 3 aromatic rings. The van der Waals surface area contributed by atoms with E-state index >= 15 is 0 Å². The Morgan fingerprint density at radius 2 is 1.75 bits per heavy atom. The van der Waals surface area contributed by atoms with E-state index in [9.17, 15) is 9.59 Å². The molecule has 1 N–H and O–H groups in total. The molecule has 1 heterocycles. The van der Waals surface area contributed by atoms with Gasteiger partial charge in [0.2, 0.25) is 11.8 Å². The van der Waals surface area contributed by atoms with Gasteiger partial charge in [-0.05, 0) is 37.6 Å². The lowest BCUT2D eigenvalue weighted by molar-refractivity contribution is -0.141. The third kappa shape index (κ3) is 7.32. The van der Waals surface area contributed by atoms with Crippen molar-refractivity contribution >= 4 is 40.8 Å². The Labute approximate surface area is 222 Å². The van der Waals surface area contributed by atoms with Crippen molar-refractivity contribution < 1.29 is 14.3 Å². The van der Waals surface area contributed by atoms with Crippen molar-refractivity contribution in [3.05, 3.63) is 75.9 Å². The zero-order valence-corrected chi connectivity index (χ0v) is 22.7. The Kier molecular flexibility index (Phi) is 9.17. The average Bonchev–Trinajstić information content (AvgIpc) is 3.24. The molecule has 0 aliphatic carbocycles. The van der Waals surface area contributed by atoms with Crippen LogP contribution in [0.15, 0.2) is 54.6 Å². The molecule has 192 valence electrons. The van der Waals surface area contributed by atoms with Crippen LogP contribution < -0.4 is 5.32 Å². The number of carbonyl (C=O) groups excluding carboxylic acids is 2. The number of halogens is 2. The minimum absolute atomic E-state index is 0.115. The molecule has 3 rings (SSSR count). The highest BCUT2D eigenvalue weighted by atomic mass is 35.5. The second-order valence-electron chi connectivity index (χ2n) is 9.82. The number of aromatic nitrogens is 2. The smallest absolute Gasteiger partial charge is 0.249 e. The van der Waals surface area contributed by atoms with E-state index in [1.54, 1.807) is 22.9 Å². The largest absolute Gasteiger partial charge is 0.367 e. The van der Waals surface area contributed by atoms with E-state index in [0.717, 1.165) is 11.3 Å². The van der Waals surface area contributed by atoms with E-state index in [0.29, 0.717) is 28.2 Å². The van der Waals surface area contributed by atoms with E-state index in [-0.39, 0.29) is 36.4 Å². The molecule has 0 fully saturated rings. The summed E-state index contributed by atoms with van der Waals surface area (Å²) in [7, 11) is 0. The molecule has 2 aromatic carbocycles. The van der Waals surface area contributed by atoms with E-state index in [4.69, 9.17) is 33.0 Å². The van der Waals surface area contributed by atoms with Crippen LogP contribution >= 0.6 is 23.2 Å². The third-order valence-corrected chi connectivity index (χ3v) is 6.23. The Morgan fingerprint density at radius 1 is 1.06 bits per heavy atom. The van der Waals surface area contributed by atoms with Gasteiger partial charge in [-0.1, -0.05) is 74.3 Å². The molecule has 1 aromatic heterocycles. The van der Waals surface area contributed by atoms with E-state index in [1.807, 2.05) is 71.0 Å². The van der Waals surface area contributed by atoms with Crippen LogP contribution in [0.5, 0.6) is 0 Å². The van der Waals surface area contributed by atoms with Crippen molar-refractivity contribution in [1.29, 1.82) is 0 Å². The first-order valence-corrected chi connectivity index (χ1v) is 12.5. The molecule has 0 aliphatic heterocycles. The van der Waals surface area contributed by atoms with E-state index in [1.165, 1.54) is 4.90 Å². The molecule has 0 spiro atoms. The number of nitrogens with zero attached hydrogens (tertiary/aromatic N) is 3. The van der Waals surface area contributed by atoms with Gasteiger partial charge in [0.25, 0.3) is 0 Å². The Hall–Kier alpha value is -2.87. The predicted molar refractivity (Wildman–Crippen MR) is 144 cm³/mol. The summed E-state index contributed by atoms with van der Waals surface area (Å²) in [4.78, 5) is 27.4. The summed E-state index contributed by atoms with van der Waals surface area (Å²) >= 11 is 12.3. The number of nitrogens with one attached hydrogen (secondary N) is 1. The number of amides is 2. The summed E-state index contributed by atoms with van der Waals surface area (Å²) < 4.78 is 7.21. The van der Waals surface area contributed by atoms with Crippen LogP contribution in [0.2, 0.25) is 10.0 Å². The standard InChI is InChI=1S/C27H32Cl2N4O3/c1-18(2)32(26(35)17-36-16-19-9-7-6-8-10-19)15-25(34)30-24-14-23(27(3,4)5)31-33(24)20-11-12-21(28)22(29)13-20/h6-14,18H,15-17H2,1-5H3,(H,30,34). The molecule has 7 nitrogen and oxygen atoms in total. The minimum Gasteiger partial charge on any atom is -0.367 e. The fourth-order valence-corrected chi connectivity index (χ4v) is 3.75. The summed E-state index contributed by atoms with van der Waals surface area (Å²) in [6, 6.07) is 16.4. The summed E-state index contributed by atoms with van der Waals surface area (Å²) in [6.45, 7) is 9.92. The van der Waals surface area contributed by atoms with Crippen molar-refractivity contribution in [1.82, 2.24) is 14.7 Å². The van der Waals surface area contributed by atoms with E-state index < -0.39 is 0 Å². The normalized spacial score (nSPS) is 11.6. The van der Waals surface area contributed by atoms with Gasteiger partial charge in [0.1, 0.15) is 19.0 Å². The SMILES string of the molecule is CC(C)N(CC(=O)Nc1cc(C(C)(C)C)nn1-c1ccc(Cl)c(Cl)c1)C(=O)COCc1ccccc1. The second-order valence-corrected chi connectivity index (χ2v) is 10.6. The van der Waals surface area contributed by atoms with Crippen LogP contribution in [0, 0.1) is 0 Å². The van der Waals surface area contributed by atoms with Crippen molar-refractivity contribution in [3.63, 3.8) is 0 Å². The summed E-state index contributed by atoms with van der Waals surface area (Å²) in [5.41, 5.74) is 2.16. The molecule has 0 unspecified atom stereocenters. The van der Waals surface area contributed by atoms with Crippen molar-refractivity contribution in [3.8, 4) is 5.69 Å². The Balaban J connectivity index is 1.73. The topological polar surface area (TPSA) is 76.5 Å². The molecule has 36 heavy (non-hydrogen) atoms. The van der Waals surface area contributed by atoms with Gasteiger partial charge in [-0.25, -0.2) is 4.68 Å². The average molecular weight is 531 g/mol. The van der Waals surface area contributed by atoms with Gasteiger partial charge in [0, 0.05) is 17.5 Å². The maximum Gasteiger partial charge on any atom is 0.249 e. The molecule has 0 saturated carbocycles. The van der Waals surface area contributed by atoms with Crippen molar-refractivity contribution in [2.75, 3.05) is 18.5 Å².